The molecule has 192 valence electrons. The summed E-state index contributed by atoms with van der Waals surface area (Å²) in [7, 11) is 0. The molecule has 0 unspecified atom stereocenters. The highest BCUT2D eigenvalue weighted by Gasteiger charge is 2.73. The van der Waals surface area contributed by atoms with Crippen LogP contribution in [0.15, 0.2) is 0 Å². The minimum atomic E-state index is -0.487. The third-order valence-corrected chi connectivity index (χ3v) is 13.7. The number of rotatable bonds is 1. The molecule has 0 amide bonds. The predicted molar refractivity (Wildman–Crippen MR) is 133 cm³/mol. The first-order valence-electron chi connectivity index (χ1n) is 14.0. The van der Waals surface area contributed by atoms with E-state index in [1.165, 1.54) is 0 Å². The Morgan fingerprint density at radius 1 is 0.912 bits per heavy atom. The van der Waals surface area contributed by atoms with Gasteiger partial charge in [-0.05, 0) is 78.9 Å². The van der Waals surface area contributed by atoms with Crippen molar-refractivity contribution in [2.45, 2.75) is 112 Å². The summed E-state index contributed by atoms with van der Waals surface area (Å²) in [4.78, 5) is 25.8. The molecule has 0 aromatic carbocycles. The van der Waals surface area contributed by atoms with Crippen molar-refractivity contribution in [3.63, 3.8) is 0 Å². The fourth-order valence-electron chi connectivity index (χ4n) is 11.1. The summed E-state index contributed by atoms with van der Waals surface area (Å²) in [5.41, 5.74) is -0.984. The van der Waals surface area contributed by atoms with Gasteiger partial charge in [0.15, 0.2) is 0 Å². The molecule has 10 atom stereocenters. The van der Waals surface area contributed by atoms with Gasteiger partial charge in [0.2, 0.25) is 0 Å². The number of aliphatic hydroxyl groups excluding tert-OH is 2. The summed E-state index contributed by atoms with van der Waals surface area (Å²) < 4.78 is 0. The molecular weight excluding hydrogens is 424 g/mol. The lowest BCUT2D eigenvalue weighted by atomic mass is 9.29. The first kappa shape index (κ1) is 24.9. The van der Waals surface area contributed by atoms with Crippen LogP contribution in [0.2, 0.25) is 0 Å². The largest absolute Gasteiger partial charge is 0.396 e. The predicted octanol–water partition coefficient (Wildman–Crippen LogP) is 5.58. The van der Waals surface area contributed by atoms with Crippen molar-refractivity contribution < 1.29 is 19.8 Å². The lowest BCUT2D eigenvalue weighted by Crippen LogP contribution is -2.71. The van der Waals surface area contributed by atoms with Crippen molar-refractivity contribution in [2.75, 3.05) is 6.61 Å². The van der Waals surface area contributed by atoms with Gasteiger partial charge in [0.25, 0.3) is 0 Å². The van der Waals surface area contributed by atoms with Crippen molar-refractivity contribution >= 4 is 11.6 Å². The van der Waals surface area contributed by atoms with Gasteiger partial charge in [-0.15, -0.1) is 0 Å². The maximum atomic E-state index is 13.1. The first-order chi connectivity index (χ1) is 15.6. The lowest BCUT2D eigenvalue weighted by Gasteiger charge is -2.75. The zero-order valence-electron chi connectivity index (χ0n) is 22.7. The van der Waals surface area contributed by atoms with E-state index >= 15 is 0 Å². The van der Waals surface area contributed by atoms with Gasteiger partial charge in [-0.25, -0.2) is 0 Å². The molecule has 34 heavy (non-hydrogen) atoms. The number of carbonyl (C=O) groups excluding carboxylic acids is 2. The van der Waals surface area contributed by atoms with E-state index in [9.17, 15) is 19.8 Å². The van der Waals surface area contributed by atoms with Crippen molar-refractivity contribution in [3.8, 4) is 0 Å². The summed E-state index contributed by atoms with van der Waals surface area (Å²) in [6.07, 6.45) is 7.32. The second kappa shape index (κ2) is 7.18. The topological polar surface area (TPSA) is 74.6 Å². The normalized spacial score (nSPS) is 56.7. The number of hydrogen-bond donors (Lipinski definition) is 2. The molecule has 5 saturated carbocycles. The molecule has 0 aliphatic heterocycles. The van der Waals surface area contributed by atoms with E-state index < -0.39 is 6.10 Å². The zero-order chi connectivity index (χ0) is 25.1. The Hall–Kier alpha value is -0.740. The molecule has 0 saturated heterocycles. The van der Waals surface area contributed by atoms with Crippen LogP contribution in [0.1, 0.15) is 106 Å². The van der Waals surface area contributed by atoms with Crippen LogP contribution in [0.4, 0.5) is 0 Å². The van der Waals surface area contributed by atoms with Crippen LogP contribution >= 0.6 is 0 Å². The zero-order valence-corrected chi connectivity index (χ0v) is 22.7. The number of ketones is 2. The SMILES string of the molecule is C[C@H]1C(=O)CC[C@H]2[C@]3(C)CC[C@@]4(CO)[C@@H]5CC(C)(C)C(=O)C[C@]5(C)CC[C@]4(C)[C@H]3C[C@@H](O)[C@]12C. The van der Waals surface area contributed by atoms with E-state index in [4.69, 9.17) is 0 Å². The van der Waals surface area contributed by atoms with Crippen molar-refractivity contribution in [2.24, 2.45) is 56.2 Å². The van der Waals surface area contributed by atoms with Gasteiger partial charge in [0.1, 0.15) is 11.6 Å². The summed E-state index contributed by atoms with van der Waals surface area (Å²) in [6, 6.07) is 0. The van der Waals surface area contributed by atoms with E-state index in [-0.39, 0.29) is 45.0 Å². The second-order valence-corrected chi connectivity index (χ2v) is 15.1. The molecule has 0 bridgehead atoms. The van der Waals surface area contributed by atoms with Crippen LogP contribution in [0.3, 0.4) is 0 Å². The van der Waals surface area contributed by atoms with Gasteiger partial charge >= 0.3 is 0 Å². The number of hydrogen-bond acceptors (Lipinski definition) is 4. The summed E-state index contributed by atoms with van der Waals surface area (Å²) >= 11 is 0. The number of fused-ring (bicyclic) bond motifs is 7. The Kier molecular flexibility index (Phi) is 5.27. The Morgan fingerprint density at radius 3 is 2.24 bits per heavy atom. The molecule has 0 spiro atoms. The van der Waals surface area contributed by atoms with Crippen LogP contribution in [0.25, 0.3) is 0 Å². The van der Waals surface area contributed by atoms with E-state index in [1.54, 1.807) is 0 Å². The molecule has 0 radical (unpaired) electrons. The first-order valence-corrected chi connectivity index (χ1v) is 14.0. The van der Waals surface area contributed by atoms with E-state index in [0.29, 0.717) is 42.2 Å². The van der Waals surface area contributed by atoms with Gasteiger partial charge in [-0.2, -0.15) is 0 Å². The molecule has 0 heterocycles. The lowest BCUT2D eigenvalue weighted by molar-refractivity contribution is -0.285. The molecule has 5 aliphatic carbocycles. The molecule has 5 fully saturated rings. The molecule has 4 nitrogen and oxygen atoms in total. The van der Waals surface area contributed by atoms with E-state index in [1.807, 2.05) is 0 Å². The fourth-order valence-corrected chi connectivity index (χ4v) is 11.1. The standard InChI is InChI=1S/C30H48O4/c1-18-19(32)8-9-20-27(5)11-13-30(17-31)22-15-25(2,3)24(34)16-26(22,4)10-12-28(30,6)21(27)14-23(33)29(18,20)7/h18,20-23,31,33H,8-17H2,1-7H3/t18-,20-,21-,22+,23+,26-,27-,28+,29+,30+/m0/s1. The summed E-state index contributed by atoms with van der Waals surface area (Å²) in [5.74, 6) is 1.56. The molecule has 5 aliphatic rings. The maximum Gasteiger partial charge on any atom is 0.139 e. The Morgan fingerprint density at radius 2 is 1.59 bits per heavy atom. The minimum Gasteiger partial charge on any atom is -0.396 e. The highest BCUT2D eigenvalue weighted by Crippen LogP contribution is 2.78. The highest BCUT2D eigenvalue weighted by atomic mass is 16.3. The molecule has 0 aromatic heterocycles. The second-order valence-electron chi connectivity index (χ2n) is 15.1. The van der Waals surface area contributed by atoms with Crippen molar-refractivity contribution in [1.29, 1.82) is 0 Å². The molecule has 0 aromatic rings. The monoisotopic (exact) mass is 472 g/mol. The Bertz CT molecular complexity index is 909. The van der Waals surface area contributed by atoms with Crippen LogP contribution in [0.5, 0.6) is 0 Å². The Balaban J connectivity index is 1.61. The average Bonchev–Trinajstić information content (AvgIpc) is 2.76. The number of Topliss-reactive ketones (excluding diaryl/α,β-unsaturated/α-hetero) is 2. The van der Waals surface area contributed by atoms with E-state index in [2.05, 4.69) is 48.5 Å². The van der Waals surface area contributed by atoms with E-state index in [0.717, 1.165) is 44.9 Å². The summed E-state index contributed by atoms with van der Waals surface area (Å²) in [5, 5.41) is 22.9. The third kappa shape index (κ3) is 2.74. The minimum absolute atomic E-state index is 0.0455. The highest BCUT2D eigenvalue weighted by molar-refractivity contribution is 5.85. The van der Waals surface area contributed by atoms with Gasteiger partial charge in [0, 0.05) is 41.6 Å². The fraction of sp³-hybridized carbons (Fsp3) is 0.933. The van der Waals surface area contributed by atoms with Gasteiger partial charge in [-0.3, -0.25) is 9.59 Å². The van der Waals surface area contributed by atoms with Gasteiger partial charge in [0.05, 0.1) is 6.10 Å². The van der Waals surface area contributed by atoms with Crippen molar-refractivity contribution in [3.05, 3.63) is 0 Å². The van der Waals surface area contributed by atoms with Crippen LogP contribution in [-0.2, 0) is 9.59 Å². The number of carbonyl (C=O) groups is 2. The molecular formula is C30H48O4. The number of aliphatic hydroxyl groups is 2. The average molecular weight is 473 g/mol. The van der Waals surface area contributed by atoms with Crippen LogP contribution in [-0.4, -0.2) is 34.5 Å². The smallest absolute Gasteiger partial charge is 0.139 e. The van der Waals surface area contributed by atoms with Crippen LogP contribution in [0, 0.1) is 56.2 Å². The third-order valence-electron chi connectivity index (χ3n) is 13.7. The molecule has 5 rings (SSSR count). The van der Waals surface area contributed by atoms with Gasteiger partial charge in [-0.1, -0.05) is 48.5 Å². The maximum absolute atomic E-state index is 13.1. The van der Waals surface area contributed by atoms with Crippen LogP contribution < -0.4 is 0 Å². The summed E-state index contributed by atoms with van der Waals surface area (Å²) in [6.45, 7) is 15.8. The Labute approximate surface area is 206 Å². The van der Waals surface area contributed by atoms with Crippen molar-refractivity contribution in [1.82, 2.24) is 0 Å². The molecule has 4 heteroatoms. The quantitative estimate of drug-likeness (QED) is 0.522. The molecule has 2 N–H and O–H groups in total. The van der Waals surface area contributed by atoms with Gasteiger partial charge < -0.3 is 10.2 Å².